The molecule has 1 unspecified atom stereocenters. The van der Waals surface area contributed by atoms with E-state index in [0.717, 1.165) is 5.56 Å². The first kappa shape index (κ1) is 16.4. The van der Waals surface area contributed by atoms with Crippen molar-refractivity contribution in [3.63, 3.8) is 0 Å². The van der Waals surface area contributed by atoms with Gasteiger partial charge in [-0.25, -0.2) is 4.79 Å². The van der Waals surface area contributed by atoms with Crippen LogP contribution in [0.3, 0.4) is 0 Å². The van der Waals surface area contributed by atoms with Gasteiger partial charge in [-0.1, -0.05) is 26.8 Å². The number of rotatable bonds is 2. The zero-order valence-electron chi connectivity index (χ0n) is 13.4. The molecule has 0 saturated carbocycles. The molecule has 1 aromatic rings. The van der Waals surface area contributed by atoms with E-state index < -0.39 is 12.1 Å². The molecule has 1 N–H and O–H groups in total. The lowest BCUT2D eigenvalue weighted by Crippen LogP contribution is -2.51. The van der Waals surface area contributed by atoms with Crippen molar-refractivity contribution in [2.75, 3.05) is 13.1 Å². The normalized spacial score (nSPS) is 22.5. The first-order valence-corrected chi connectivity index (χ1v) is 7.32. The van der Waals surface area contributed by atoms with Gasteiger partial charge in [0, 0.05) is 12.7 Å². The van der Waals surface area contributed by atoms with Gasteiger partial charge in [0.2, 0.25) is 0 Å². The van der Waals surface area contributed by atoms with Crippen molar-refractivity contribution in [2.24, 2.45) is 0 Å². The molecule has 0 bridgehead atoms. The minimum atomic E-state index is -1.06. The first-order chi connectivity index (χ1) is 10.2. The highest BCUT2D eigenvalue weighted by Gasteiger charge is 2.33. The molecular formula is C16H22N2O4. The van der Waals surface area contributed by atoms with Gasteiger partial charge >= 0.3 is 5.97 Å². The van der Waals surface area contributed by atoms with Crippen LogP contribution in [-0.4, -0.2) is 52.2 Å². The topological polar surface area (TPSA) is 79.7 Å². The van der Waals surface area contributed by atoms with Crippen LogP contribution in [-0.2, 0) is 14.9 Å². The Kier molecular flexibility index (Phi) is 4.51. The minimum Gasteiger partial charge on any atom is -0.479 e. The molecule has 6 heteroatoms. The number of hydrogen-bond acceptors (Lipinski definition) is 4. The van der Waals surface area contributed by atoms with E-state index in [1.54, 1.807) is 19.2 Å². The van der Waals surface area contributed by atoms with E-state index in [-0.39, 0.29) is 24.0 Å². The van der Waals surface area contributed by atoms with Crippen molar-refractivity contribution in [3.8, 4) is 0 Å². The van der Waals surface area contributed by atoms with E-state index in [1.165, 1.54) is 4.90 Å². The standard InChI is InChI=1S/C16H22N2O4/c1-10-8-18(9-13(22-10)15(20)21)14(19)12-6-5-11(7-17-12)16(2,3)4/h5-7,10,13H,8-9H2,1-4H3,(H,20,21)/t10-,13?/m1/s1. The Morgan fingerprint density at radius 1 is 1.32 bits per heavy atom. The summed E-state index contributed by atoms with van der Waals surface area (Å²) in [6.45, 7) is 8.39. The van der Waals surface area contributed by atoms with Gasteiger partial charge in [0.25, 0.3) is 5.91 Å². The summed E-state index contributed by atoms with van der Waals surface area (Å²) in [6, 6.07) is 3.58. The van der Waals surface area contributed by atoms with Crippen LogP contribution < -0.4 is 0 Å². The van der Waals surface area contributed by atoms with Crippen molar-refractivity contribution in [1.82, 2.24) is 9.88 Å². The number of carboxylic acids is 1. The summed E-state index contributed by atoms with van der Waals surface area (Å²) >= 11 is 0. The number of carbonyl (C=O) groups is 2. The number of ether oxygens (including phenoxy) is 1. The van der Waals surface area contributed by atoms with Gasteiger partial charge in [-0.3, -0.25) is 9.78 Å². The third-order valence-electron chi connectivity index (χ3n) is 3.67. The fourth-order valence-electron chi connectivity index (χ4n) is 2.38. The number of aliphatic carboxylic acids is 1. The van der Waals surface area contributed by atoms with E-state index in [1.807, 2.05) is 6.07 Å². The van der Waals surface area contributed by atoms with Gasteiger partial charge in [0.15, 0.2) is 6.10 Å². The molecule has 0 aromatic carbocycles. The molecular weight excluding hydrogens is 284 g/mol. The van der Waals surface area contributed by atoms with Crippen molar-refractivity contribution in [2.45, 2.75) is 45.3 Å². The Balaban J connectivity index is 2.15. The van der Waals surface area contributed by atoms with Gasteiger partial charge in [0.05, 0.1) is 12.6 Å². The molecule has 0 spiro atoms. The molecule has 1 aliphatic rings. The van der Waals surface area contributed by atoms with Crippen LogP contribution in [0, 0.1) is 0 Å². The maximum Gasteiger partial charge on any atom is 0.334 e. The summed E-state index contributed by atoms with van der Waals surface area (Å²) in [5.41, 5.74) is 1.34. The van der Waals surface area contributed by atoms with E-state index in [9.17, 15) is 9.59 Å². The Morgan fingerprint density at radius 2 is 2.00 bits per heavy atom. The van der Waals surface area contributed by atoms with Crippen molar-refractivity contribution in [3.05, 3.63) is 29.6 Å². The van der Waals surface area contributed by atoms with Crippen LogP contribution in [0.15, 0.2) is 18.3 Å². The van der Waals surface area contributed by atoms with Crippen LogP contribution in [0.5, 0.6) is 0 Å². The predicted octanol–water partition coefficient (Wildman–Crippen LogP) is 1.69. The van der Waals surface area contributed by atoms with Crippen LogP contribution in [0.2, 0.25) is 0 Å². The van der Waals surface area contributed by atoms with Crippen molar-refractivity contribution < 1.29 is 19.4 Å². The number of aromatic nitrogens is 1. The summed E-state index contributed by atoms with van der Waals surface area (Å²) in [4.78, 5) is 29.3. The lowest BCUT2D eigenvalue weighted by Gasteiger charge is -2.34. The highest BCUT2D eigenvalue weighted by atomic mass is 16.5. The second-order valence-electron chi connectivity index (χ2n) is 6.67. The molecule has 120 valence electrons. The third kappa shape index (κ3) is 3.62. The van der Waals surface area contributed by atoms with Crippen molar-refractivity contribution >= 4 is 11.9 Å². The fraction of sp³-hybridized carbons (Fsp3) is 0.562. The number of morpholine rings is 1. The lowest BCUT2D eigenvalue weighted by atomic mass is 9.88. The zero-order valence-corrected chi connectivity index (χ0v) is 13.4. The van der Waals surface area contributed by atoms with E-state index >= 15 is 0 Å². The Labute approximate surface area is 130 Å². The number of nitrogens with zero attached hydrogens (tertiary/aromatic N) is 2. The molecule has 2 heterocycles. The van der Waals surface area contributed by atoms with Gasteiger partial charge in [-0.15, -0.1) is 0 Å². The lowest BCUT2D eigenvalue weighted by molar-refractivity contribution is -0.160. The number of amides is 1. The number of carbonyl (C=O) groups excluding carboxylic acids is 1. The number of carboxylic acid groups (broad SMARTS) is 1. The minimum absolute atomic E-state index is 0.0313. The second kappa shape index (κ2) is 6.04. The fourth-order valence-corrected chi connectivity index (χ4v) is 2.38. The summed E-state index contributed by atoms with van der Waals surface area (Å²) in [5.74, 6) is -1.32. The maximum atomic E-state index is 12.5. The molecule has 1 aromatic heterocycles. The largest absolute Gasteiger partial charge is 0.479 e. The number of hydrogen-bond donors (Lipinski definition) is 1. The maximum absolute atomic E-state index is 12.5. The molecule has 2 atom stereocenters. The summed E-state index contributed by atoms with van der Waals surface area (Å²) in [6.07, 6.45) is 0.403. The molecule has 2 rings (SSSR count). The molecule has 1 aliphatic heterocycles. The average molecular weight is 306 g/mol. The Bertz CT molecular complexity index is 563. The SMILES string of the molecule is C[C@@H]1CN(C(=O)c2ccc(C(C)(C)C)cn2)CC(C(=O)O)O1. The summed E-state index contributed by atoms with van der Waals surface area (Å²) in [7, 11) is 0. The van der Waals surface area contributed by atoms with Crippen LogP contribution in [0.1, 0.15) is 43.7 Å². The Hall–Kier alpha value is -1.95. The molecule has 6 nitrogen and oxygen atoms in total. The summed E-state index contributed by atoms with van der Waals surface area (Å²) in [5, 5.41) is 9.07. The quantitative estimate of drug-likeness (QED) is 0.899. The van der Waals surface area contributed by atoms with Gasteiger partial charge < -0.3 is 14.7 Å². The monoisotopic (exact) mass is 306 g/mol. The van der Waals surface area contributed by atoms with Crippen molar-refractivity contribution in [1.29, 1.82) is 0 Å². The Morgan fingerprint density at radius 3 is 2.50 bits per heavy atom. The molecule has 0 aliphatic carbocycles. The predicted molar refractivity (Wildman–Crippen MR) is 80.8 cm³/mol. The zero-order chi connectivity index (χ0) is 16.5. The van der Waals surface area contributed by atoms with E-state index in [0.29, 0.717) is 12.2 Å². The number of pyridine rings is 1. The smallest absolute Gasteiger partial charge is 0.334 e. The molecule has 1 fully saturated rings. The molecule has 0 radical (unpaired) electrons. The highest BCUT2D eigenvalue weighted by Crippen LogP contribution is 2.21. The van der Waals surface area contributed by atoms with E-state index in [4.69, 9.17) is 9.84 Å². The second-order valence-corrected chi connectivity index (χ2v) is 6.67. The molecule has 22 heavy (non-hydrogen) atoms. The average Bonchev–Trinajstić information content (AvgIpc) is 2.45. The molecule has 1 saturated heterocycles. The van der Waals surface area contributed by atoms with Gasteiger partial charge in [0.1, 0.15) is 5.69 Å². The van der Waals surface area contributed by atoms with Gasteiger partial charge in [-0.05, 0) is 24.0 Å². The van der Waals surface area contributed by atoms with Crippen LogP contribution >= 0.6 is 0 Å². The summed E-state index contributed by atoms with van der Waals surface area (Å²) < 4.78 is 5.31. The highest BCUT2D eigenvalue weighted by molar-refractivity contribution is 5.92. The van der Waals surface area contributed by atoms with Gasteiger partial charge in [-0.2, -0.15) is 0 Å². The third-order valence-corrected chi connectivity index (χ3v) is 3.67. The van der Waals surface area contributed by atoms with Crippen LogP contribution in [0.25, 0.3) is 0 Å². The first-order valence-electron chi connectivity index (χ1n) is 7.32. The van der Waals surface area contributed by atoms with Crippen LogP contribution in [0.4, 0.5) is 0 Å². The molecule has 1 amide bonds. The van der Waals surface area contributed by atoms with E-state index in [2.05, 4.69) is 25.8 Å².